The van der Waals surface area contributed by atoms with E-state index >= 15 is 0 Å². The normalized spacial score (nSPS) is 12.5. The summed E-state index contributed by atoms with van der Waals surface area (Å²) in [6.45, 7) is 9.95. The summed E-state index contributed by atoms with van der Waals surface area (Å²) in [5.41, 5.74) is 6.78. The van der Waals surface area contributed by atoms with Crippen molar-refractivity contribution in [1.29, 1.82) is 0 Å². The Morgan fingerprint density at radius 3 is 2.45 bits per heavy atom. The number of aromatic carboxylic acids is 1. The minimum Gasteiger partial charge on any atom is -0.478 e. The number of fused-ring (bicyclic) bond motifs is 1. The van der Waals surface area contributed by atoms with Crippen molar-refractivity contribution >= 4 is 28.2 Å². The van der Waals surface area contributed by atoms with E-state index in [-0.39, 0.29) is 17.0 Å². The molecule has 3 aromatic carbocycles. The molecule has 0 saturated carbocycles. The lowest BCUT2D eigenvalue weighted by Crippen LogP contribution is -2.14. The maximum atomic E-state index is 13.5. The molecular weight excluding hydrogens is 474 g/mol. The van der Waals surface area contributed by atoms with E-state index in [0.29, 0.717) is 28.0 Å². The second-order valence-electron chi connectivity index (χ2n) is 9.83. The van der Waals surface area contributed by atoms with Gasteiger partial charge in [0.25, 0.3) is 0 Å². The summed E-state index contributed by atoms with van der Waals surface area (Å²) in [4.78, 5) is 25.2. The summed E-state index contributed by atoms with van der Waals surface area (Å²) in [6.07, 6.45) is 5.49. The zero-order valence-corrected chi connectivity index (χ0v) is 22.7. The predicted octanol–water partition coefficient (Wildman–Crippen LogP) is 8.54. The first-order chi connectivity index (χ1) is 18.2. The van der Waals surface area contributed by atoms with Crippen molar-refractivity contribution in [2.24, 2.45) is 0 Å². The van der Waals surface area contributed by atoms with Gasteiger partial charge in [0.05, 0.1) is 17.0 Å². The van der Waals surface area contributed by atoms with Crippen LogP contribution < -0.4 is 10.7 Å². The second-order valence-corrected chi connectivity index (χ2v) is 9.83. The van der Waals surface area contributed by atoms with Gasteiger partial charge in [-0.25, -0.2) is 4.79 Å². The van der Waals surface area contributed by atoms with Crippen molar-refractivity contribution in [3.8, 4) is 11.3 Å². The Labute approximate surface area is 223 Å². The van der Waals surface area contributed by atoms with Crippen molar-refractivity contribution in [3.05, 3.63) is 105 Å². The lowest BCUT2D eigenvalue weighted by molar-refractivity contribution is 0.0698. The van der Waals surface area contributed by atoms with Crippen LogP contribution in [0, 0.1) is 13.8 Å². The summed E-state index contributed by atoms with van der Waals surface area (Å²) in [6, 6.07) is 18.5. The van der Waals surface area contributed by atoms with E-state index in [2.05, 4.69) is 37.4 Å². The van der Waals surface area contributed by atoms with Gasteiger partial charge >= 0.3 is 5.97 Å². The molecule has 4 rings (SSSR count). The molecule has 1 heterocycles. The fraction of sp³-hybridized carbons (Fsp3) is 0.273. The third kappa shape index (κ3) is 5.42. The highest BCUT2D eigenvalue weighted by molar-refractivity contribution is 5.94. The van der Waals surface area contributed by atoms with Crippen molar-refractivity contribution in [2.45, 2.75) is 59.9 Å². The average molecular weight is 510 g/mol. The van der Waals surface area contributed by atoms with Gasteiger partial charge in [0, 0.05) is 22.4 Å². The van der Waals surface area contributed by atoms with Crippen LogP contribution in [0.4, 0.5) is 5.69 Å². The number of hydrogen-bond donors (Lipinski definition) is 2. The number of benzene rings is 3. The van der Waals surface area contributed by atoms with Crippen molar-refractivity contribution < 1.29 is 14.3 Å². The molecule has 0 amide bonds. The van der Waals surface area contributed by atoms with Gasteiger partial charge in [-0.1, -0.05) is 61.9 Å². The maximum absolute atomic E-state index is 13.5. The Morgan fingerprint density at radius 1 is 1.08 bits per heavy atom. The Balaban J connectivity index is 1.79. The number of carboxylic acids is 1. The van der Waals surface area contributed by atoms with E-state index in [9.17, 15) is 14.7 Å². The quantitative estimate of drug-likeness (QED) is 0.236. The van der Waals surface area contributed by atoms with E-state index in [1.165, 1.54) is 11.1 Å². The molecule has 196 valence electrons. The molecule has 0 aliphatic carbocycles. The van der Waals surface area contributed by atoms with Crippen LogP contribution in [0.5, 0.6) is 0 Å². The smallest absolute Gasteiger partial charge is 0.337 e. The van der Waals surface area contributed by atoms with Gasteiger partial charge in [0.15, 0.2) is 5.43 Å². The van der Waals surface area contributed by atoms with E-state index in [4.69, 9.17) is 4.42 Å². The standard InChI is InChI=1S/C33H35NO4/c1-6-8-11-23(7-2)24-14-16-25(17-15-24)31-21(4)30(35)28-19-20(3)18-27(32(28)38-31)22(5)34-29-13-10-9-12-26(29)33(36)37/h7,9-10,12-19,22,34H,6,8,11H2,1-5H3,(H,36,37)/b23-7+. The molecule has 0 aliphatic heterocycles. The number of allylic oxidation sites excluding steroid dienone is 2. The molecule has 38 heavy (non-hydrogen) atoms. The number of aryl methyl sites for hydroxylation is 1. The number of anilines is 1. The Hall–Kier alpha value is -4.12. The van der Waals surface area contributed by atoms with Gasteiger partial charge in [-0.05, 0) is 75.4 Å². The molecule has 1 aromatic heterocycles. The third-order valence-electron chi connectivity index (χ3n) is 7.05. The molecule has 5 nitrogen and oxygen atoms in total. The number of hydrogen-bond acceptors (Lipinski definition) is 4. The van der Waals surface area contributed by atoms with Gasteiger partial charge in [-0.15, -0.1) is 0 Å². The summed E-state index contributed by atoms with van der Waals surface area (Å²) in [5.74, 6) is -0.453. The zero-order chi connectivity index (χ0) is 27.4. The van der Waals surface area contributed by atoms with Gasteiger partial charge < -0.3 is 14.8 Å². The monoisotopic (exact) mass is 509 g/mol. The highest BCUT2D eigenvalue weighted by Crippen LogP contribution is 2.33. The van der Waals surface area contributed by atoms with Crippen LogP contribution in [-0.2, 0) is 0 Å². The molecule has 1 unspecified atom stereocenters. The number of para-hydroxylation sites is 1. The van der Waals surface area contributed by atoms with Crippen LogP contribution >= 0.6 is 0 Å². The van der Waals surface area contributed by atoms with E-state index in [0.717, 1.165) is 36.0 Å². The lowest BCUT2D eigenvalue weighted by Gasteiger charge is -2.20. The molecule has 0 fully saturated rings. The molecule has 4 aromatic rings. The number of rotatable bonds is 9. The summed E-state index contributed by atoms with van der Waals surface area (Å²) in [7, 11) is 0. The van der Waals surface area contributed by atoms with E-state index in [1.807, 2.05) is 38.1 Å². The topological polar surface area (TPSA) is 79.5 Å². The number of unbranched alkanes of at least 4 members (excludes halogenated alkanes) is 1. The molecule has 0 saturated heterocycles. The van der Waals surface area contributed by atoms with Gasteiger partial charge in [-0.3, -0.25) is 4.79 Å². The van der Waals surface area contributed by atoms with Crippen LogP contribution in [-0.4, -0.2) is 11.1 Å². The fourth-order valence-corrected chi connectivity index (χ4v) is 4.93. The second kappa shape index (κ2) is 11.5. The predicted molar refractivity (Wildman–Crippen MR) is 156 cm³/mol. The summed E-state index contributed by atoms with van der Waals surface area (Å²) < 4.78 is 6.50. The third-order valence-corrected chi connectivity index (χ3v) is 7.05. The first kappa shape index (κ1) is 26.9. The molecular formula is C33H35NO4. The summed E-state index contributed by atoms with van der Waals surface area (Å²) >= 11 is 0. The largest absolute Gasteiger partial charge is 0.478 e. The van der Waals surface area contributed by atoms with Crippen molar-refractivity contribution in [3.63, 3.8) is 0 Å². The minimum atomic E-state index is -1.00. The first-order valence-corrected chi connectivity index (χ1v) is 13.2. The van der Waals surface area contributed by atoms with E-state index in [1.54, 1.807) is 31.2 Å². The van der Waals surface area contributed by atoms with Crippen LogP contribution in [0.15, 0.2) is 76.0 Å². The van der Waals surface area contributed by atoms with Gasteiger partial charge in [-0.2, -0.15) is 0 Å². The summed E-state index contributed by atoms with van der Waals surface area (Å²) in [5, 5.41) is 13.4. The fourth-order valence-electron chi connectivity index (χ4n) is 4.93. The van der Waals surface area contributed by atoms with E-state index < -0.39 is 5.97 Å². The van der Waals surface area contributed by atoms with Crippen molar-refractivity contribution in [2.75, 3.05) is 5.32 Å². The number of nitrogens with one attached hydrogen (secondary N) is 1. The van der Waals surface area contributed by atoms with Crippen LogP contribution in [0.25, 0.3) is 27.9 Å². The molecule has 0 aliphatic rings. The van der Waals surface area contributed by atoms with Crippen LogP contribution in [0.1, 0.15) is 78.7 Å². The Morgan fingerprint density at radius 2 is 1.79 bits per heavy atom. The molecule has 5 heteroatoms. The molecule has 1 atom stereocenters. The number of carboxylic acid groups (broad SMARTS) is 1. The maximum Gasteiger partial charge on any atom is 0.337 e. The Kier molecular flexibility index (Phi) is 8.16. The lowest BCUT2D eigenvalue weighted by atomic mass is 9.96. The zero-order valence-electron chi connectivity index (χ0n) is 22.7. The molecule has 0 radical (unpaired) electrons. The molecule has 2 N–H and O–H groups in total. The average Bonchev–Trinajstić information content (AvgIpc) is 2.91. The highest BCUT2D eigenvalue weighted by Gasteiger charge is 2.20. The highest BCUT2D eigenvalue weighted by atomic mass is 16.4. The molecule has 0 spiro atoms. The molecule has 0 bridgehead atoms. The first-order valence-electron chi connectivity index (χ1n) is 13.2. The Bertz CT molecular complexity index is 1560. The van der Waals surface area contributed by atoms with Crippen molar-refractivity contribution in [1.82, 2.24) is 0 Å². The SMILES string of the molecule is C/C=C(\CCCC)c1ccc(-c2oc3c(C(C)Nc4ccccc4C(=O)O)cc(C)cc3c(=O)c2C)cc1. The van der Waals surface area contributed by atoms with Crippen LogP contribution in [0.2, 0.25) is 0 Å². The van der Waals surface area contributed by atoms with Gasteiger partial charge in [0.2, 0.25) is 0 Å². The minimum absolute atomic E-state index is 0.0644. The van der Waals surface area contributed by atoms with Gasteiger partial charge in [0.1, 0.15) is 11.3 Å². The number of carbonyl (C=O) groups is 1. The van der Waals surface area contributed by atoms with Crippen LogP contribution in [0.3, 0.4) is 0 Å².